The molecule has 222 valence electrons. The standard InChI is InChI=1S/2C4H9.2C2H5.17CH4.2Y/c2*1-3-4-2;2*1-2;;;;;;;;;;;;;;;;;;;/h2*1,3-4H2,2H3;2*1H2,2H3;17*1H4;;/q4*-1;;;;;;;;;;;;;;;;;;;. The average Bonchev–Trinajstić information content (AvgIpc) is 2.23. The van der Waals surface area contributed by atoms with Gasteiger partial charge in [0.2, 0.25) is 0 Å². The Morgan fingerprint density at radius 1 is 0.323 bits per heavy atom. The Morgan fingerprint density at radius 3 is 0.355 bits per heavy atom. The van der Waals surface area contributed by atoms with Crippen LogP contribution in [0.2, 0.25) is 0 Å². The van der Waals surface area contributed by atoms with E-state index in [1.807, 2.05) is 0 Å². The predicted molar refractivity (Wildman–Crippen MR) is 177 cm³/mol. The van der Waals surface area contributed by atoms with Crippen LogP contribution in [0.1, 0.15) is 180 Å². The van der Waals surface area contributed by atoms with Crippen molar-refractivity contribution >= 4 is 0 Å². The Morgan fingerprint density at radius 2 is 0.355 bits per heavy atom. The van der Waals surface area contributed by atoms with Crippen molar-refractivity contribution in [2.45, 2.75) is 180 Å². The molecule has 0 fully saturated rings. The topological polar surface area (TPSA) is 0 Å². The molecule has 0 aromatic heterocycles. The van der Waals surface area contributed by atoms with Crippen molar-refractivity contribution in [3.8, 4) is 0 Å². The van der Waals surface area contributed by atoms with Crippen molar-refractivity contribution in [1.29, 1.82) is 0 Å². The molecule has 0 nitrogen and oxygen atoms in total. The summed E-state index contributed by atoms with van der Waals surface area (Å²) >= 11 is 0. The summed E-state index contributed by atoms with van der Waals surface area (Å²) in [6.07, 6.45) is 4.56. The van der Waals surface area contributed by atoms with E-state index >= 15 is 0 Å². The quantitative estimate of drug-likeness (QED) is 0.269. The number of rotatable bonds is 2. The maximum Gasteiger partial charge on any atom is 0 e. The summed E-state index contributed by atoms with van der Waals surface area (Å²) in [6.45, 7) is 21.4. The Kier molecular flexibility index (Phi) is 8680. The van der Waals surface area contributed by atoms with Gasteiger partial charge in [-0.05, 0) is 0 Å². The second-order valence-electron chi connectivity index (χ2n) is 1.71. The van der Waals surface area contributed by atoms with Crippen LogP contribution in [0.3, 0.4) is 0 Å². The van der Waals surface area contributed by atoms with Crippen LogP contribution in [0.4, 0.5) is 0 Å². The first-order chi connectivity index (χ1) is 5.83. The minimum atomic E-state index is 0. The van der Waals surface area contributed by atoms with E-state index in [2.05, 4.69) is 41.5 Å². The van der Waals surface area contributed by atoms with Crippen LogP contribution in [-0.2, 0) is 65.4 Å². The molecule has 0 bridgehead atoms. The average molecular weight is 623 g/mol. The third-order valence-electron chi connectivity index (χ3n) is 0.707. The molecule has 0 aliphatic rings. The third-order valence-corrected chi connectivity index (χ3v) is 0.707. The van der Waals surface area contributed by atoms with Crippen molar-refractivity contribution < 1.29 is 65.4 Å². The molecule has 31 heavy (non-hydrogen) atoms. The van der Waals surface area contributed by atoms with E-state index in [4.69, 9.17) is 0 Å². The van der Waals surface area contributed by atoms with E-state index in [9.17, 15) is 0 Å². The fourth-order valence-corrected chi connectivity index (χ4v) is 0. The molecule has 0 amide bonds. The van der Waals surface area contributed by atoms with Crippen LogP contribution in [0, 0.1) is 27.7 Å². The Labute approximate surface area is 270 Å². The van der Waals surface area contributed by atoms with Crippen molar-refractivity contribution in [2.24, 2.45) is 0 Å². The van der Waals surface area contributed by atoms with Gasteiger partial charge in [0.05, 0.1) is 0 Å². The number of hydrogen-bond acceptors (Lipinski definition) is 0. The molecule has 0 saturated carbocycles. The molecule has 0 aromatic rings. The smallest absolute Gasteiger partial charge is 0 e. The van der Waals surface area contributed by atoms with Gasteiger partial charge in [-0.2, -0.15) is 26.7 Å². The van der Waals surface area contributed by atoms with Gasteiger partial charge in [0.1, 0.15) is 0 Å². The largest absolute Gasteiger partial charge is 0.346 e. The molecule has 0 spiro atoms. The normalized spacial score (nSPS) is 2.32. The SMILES string of the molecule is C.C.C.C.C.C.C.C.C.C.C.C.C.C.C.C.C.[CH2-]C.[CH2-]C.[CH2-]CCC.[CH2-]CCC.[Y].[Y]. The minimum absolute atomic E-state index is 0. The molecule has 0 saturated heterocycles. The van der Waals surface area contributed by atoms with E-state index < -0.39 is 0 Å². The van der Waals surface area contributed by atoms with Gasteiger partial charge in [0.25, 0.3) is 0 Å². The van der Waals surface area contributed by atoms with Crippen LogP contribution < -0.4 is 0 Å². The van der Waals surface area contributed by atoms with E-state index in [1.54, 1.807) is 13.8 Å². The second kappa shape index (κ2) is 814. The first-order valence-corrected chi connectivity index (χ1v) is 4.83. The molecular formula is C29H96Y2-4. The minimum Gasteiger partial charge on any atom is -0.346 e. The molecule has 0 atom stereocenters. The molecule has 0 aromatic carbocycles. The zero-order chi connectivity index (χ0) is 10.8. The summed E-state index contributed by atoms with van der Waals surface area (Å²) in [7, 11) is 0. The van der Waals surface area contributed by atoms with Crippen LogP contribution >= 0.6 is 0 Å². The van der Waals surface area contributed by atoms with Gasteiger partial charge in [-0.15, -0.1) is 0 Å². The van der Waals surface area contributed by atoms with Crippen molar-refractivity contribution in [2.75, 3.05) is 0 Å². The molecule has 2 heteroatoms. The Balaban J connectivity index is -0.00000000111. The van der Waals surface area contributed by atoms with Gasteiger partial charge in [-0.3, -0.25) is 0 Å². The van der Waals surface area contributed by atoms with Crippen molar-refractivity contribution in [3.05, 3.63) is 27.7 Å². The fraction of sp³-hybridized carbons (Fsp3) is 0.862. The van der Waals surface area contributed by atoms with E-state index in [0.717, 1.165) is 12.8 Å². The van der Waals surface area contributed by atoms with E-state index in [0.29, 0.717) is 0 Å². The van der Waals surface area contributed by atoms with Gasteiger partial charge >= 0.3 is 0 Å². The number of unbranched alkanes of at least 4 members (excludes halogenated alkanes) is 2. The van der Waals surface area contributed by atoms with Gasteiger partial charge < -0.3 is 27.7 Å². The molecule has 0 aliphatic carbocycles. The monoisotopic (exact) mass is 623 g/mol. The van der Waals surface area contributed by atoms with E-state index in [1.165, 1.54) is 12.8 Å². The second-order valence-corrected chi connectivity index (χ2v) is 1.71. The first-order valence-electron chi connectivity index (χ1n) is 4.83. The summed E-state index contributed by atoms with van der Waals surface area (Å²) in [5.74, 6) is 0. The molecule has 0 rings (SSSR count). The first kappa shape index (κ1) is 331. The molecule has 0 aliphatic heterocycles. The van der Waals surface area contributed by atoms with Crippen LogP contribution in [0.25, 0.3) is 0 Å². The summed E-state index contributed by atoms with van der Waals surface area (Å²) < 4.78 is 0. The van der Waals surface area contributed by atoms with Crippen LogP contribution in [0.5, 0.6) is 0 Å². The van der Waals surface area contributed by atoms with E-state index in [-0.39, 0.29) is 192 Å². The van der Waals surface area contributed by atoms with Gasteiger partial charge in [0, 0.05) is 65.4 Å². The van der Waals surface area contributed by atoms with Gasteiger partial charge in [0.15, 0.2) is 0 Å². The zero-order valence-corrected chi connectivity index (χ0v) is 16.5. The van der Waals surface area contributed by atoms with Crippen molar-refractivity contribution in [3.63, 3.8) is 0 Å². The number of hydrogen-bond donors (Lipinski definition) is 0. The maximum absolute atomic E-state index is 3.60. The summed E-state index contributed by atoms with van der Waals surface area (Å²) in [4.78, 5) is 0. The third kappa shape index (κ3) is 1660. The Bertz CT molecular complexity index is 18.7. The van der Waals surface area contributed by atoms with Gasteiger partial charge in [-0.25, -0.2) is 0 Å². The molecular weight excluding hydrogens is 526 g/mol. The van der Waals surface area contributed by atoms with Gasteiger partial charge in [-0.1, -0.05) is 153 Å². The van der Waals surface area contributed by atoms with Crippen LogP contribution in [-0.4, -0.2) is 0 Å². The predicted octanol–water partition coefficient (Wildman–Crippen LogP) is 15.7. The molecule has 2 radical (unpaired) electrons. The summed E-state index contributed by atoms with van der Waals surface area (Å²) in [5.41, 5.74) is 0. The molecule has 0 heterocycles. The fourth-order valence-electron chi connectivity index (χ4n) is 0. The van der Waals surface area contributed by atoms with Crippen LogP contribution in [0.15, 0.2) is 0 Å². The zero-order valence-electron chi connectivity index (χ0n) is 10.8. The summed E-state index contributed by atoms with van der Waals surface area (Å²) in [6, 6.07) is 0. The summed E-state index contributed by atoms with van der Waals surface area (Å²) in [5, 5.41) is 0. The molecule has 0 N–H and O–H groups in total. The van der Waals surface area contributed by atoms with Crippen molar-refractivity contribution in [1.82, 2.24) is 0 Å². The maximum atomic E-state index is 3.60. The molecule has 0 unspecified atom stereocenters. The Hall–Kier alpha value is 2.21.